The van der Waals surface area contributed by atoms with Crippen molar-refractivity contribution in [3.05, 3.63) is 83.0 Å². The molecule has 1 aliphatic rings. The summed E-state index contributed by atoms with van der Waals surface area (Å²) in [5, 5.41) is 4.76. The van der Waals surface area contributed by atoms with Crippen molar-refractivity contribution < 1.29 is 14.3 Å². The molecule has 1 aliphatic heterocycles. The number of aromatic amines is 1. The maximum atomic E-state index is 13.3. The number of rotatable bonds is 5. The number of Topliss-reactive ketones (excluding diaryl/α,β-unsaturated/α-hetero) is 1. The molecule has 1 fully saturated rings. The SMILES string of the molecule is [C-]#[N+]C(=C1CCN(C(=O)C(=O)c2c[nH]c3c(-n4cnc(C)n4)ncc(OC)c23)CC1)c1ccccc1. The highest BCUT2D eigenvalue weighted by atomic mass is 16.5. The number of likely N-dealkylation sites (tertiary alicyclic amines) is 1. The molecule has 1 saturated heterocycles. The number of aryl methyl sites for hydroxylation is 1. The smallest absolute Gasteiger partial charge is 0.295 e. The second-order valence-corrected chi connectivity index (χ2v) is 8.39. The molecule has 180 valence electrons. The third kappa shape index (κ3) is 4.01. The quantitative estimate of drug-likeness (QED) is 0.265. The average Bonchev–Trinajstić information content (AvgIpc) is 3.56. The fraction of sp³-hybridized carbons (Fsp3) is 0.231. The van der Waals surface area contributed by atoms with Crippen LogP contribution in [0.1, 0.15) is 34.6 Å². The standard InChI is InChI=1S/C26H23N7O3/c1-16-30-15-33(31-16)25-23-21(20(36-3)14-29-25)19(13-28-23)24(34)26(35)32-11-9-18(10-12-32)22(27-2)17-7-5-4-6-8-17/h4-8,13-15,28H,9-12H2,1,3H3. The summed E-state index contributed by atoms with van der Waals surface area (Å²) in [6, 6.07) is 9.54. The Labute approximate surface area is 207 Å². The predicted octanol–water partition coefficient (Wildman–Crippen LogP) is 3.60. The van der Waals surface area contributed by atoms with Crippen LogP contribution >= 0.6 is 0 Å². The van der Waals surface area contributed by atoms with E-state index in [2.05, 4.69) is 24.9 Å². The molecule has 0 aliphatic carbocycles. The van der Waals surface area contributed by atoms with E-state index in [0.717, 1.165) is 11.1 Å². The number of amides is 1. The minimum Gasteiger partial charge on any atom is -0.494 e. The van der Waals surface area contributed by atoms with Gasteiger partial charge in [-0.15, -0.1) is 0 Å². The van der Waals surface area contributed by atoms with Crippen LogP contribution in [0, 0.1) is 13.5 Å². The van der Waals surface area contributed by atoms with Gasteiger partial charge in [0.05, 0.1) is 36.3 Å². The first-order valence-electron chi connectivity index (χ1n) is 11.4. The van der Waals surface area contributed by atoms with E-state index < -0.39 is 11.7 Å². The molecule has 0 spiro atoms. The lowest BCUT2D eigenvalue weighted by atomic mass is 9.97. The molecular weight excluding hydrogens is 458 g/mol. The Morgan fingerprint density at radius 3 is 2.53 bits per heavy atom. The molecule has 3 aromatic heterocycles. The van der Waals surface area contributed by atoms with E-state index >= 15 is 0 Å². The molecule has 0 atom stereocenters. The zero-order valence-electron chi connectivity index (χ0n) is 19.9. The van der Waals surface area contributed by atoms with Gasteiger partial charge in [-0.2, -0.15) is 5.10 Å². The molecule has 5 rings (SSSR count). The Hall–Kier alpha value is -4.78. The summed E-state index contributed by atoms with van der Waals surface area (Å²) in [5.74, 6) is 0.170. The zero-order valence-corrected chi connectivity index (χ0v) is 19.9. The van der Waals surface area contributed by atoms with Crippen molar-refractivity contribution in [1.29, 1.82) is 0 Å². The summed E-state index contributed by atoms with van der Waals surface area (Å²) in [5.41, 5.74) is 3.22. The number of nitrogens with one attached hydrogen (secondary N) is 1. The first-order chi connectivity index (χ1) is 17.5. The zero-order chi connectivity index (χ0) is 25.2. The molecule has 0 unspecified atom stereocenters. The van der Waals surface area contributed by atoms with Crippen LogP contribution in [0.5, 0.6) is 5.75 Å². The number of methoxy groups -OCH3 is 1. The topological polar surface area (TPSA) is 110 Å². The van der Waals surface area contributed by atoms with Crippen molar-refractivity contribution in [2.45, 2.75) is 19.8 Å². The average molecular weight is 482 g/mol. The Balaban J connectivity index is 1.41. The molecule has 10 heteroatoms. The van der Waals surface area contributed by atoms with Crippen LogP contribution in [0.15, 0.2) is 54.6 Å². The highest BCUT2D eigenvalue weighted by Gasteiger charge is 2.30. The monoisotopic (exact) mass is 481 g/mol. The van der Waals surface area contributed by atoms with Gasteiger partial charge in [0.2, 0.25) is 0 Å². The van der Waals surface area contributed by atoms with Crippen LogP contribution in [0.3, 0.4) is 0 Å². The summed E-state index contributed by atoms with van der Waals surface area (Å²) in [6.07, 6.45) is 5.62. The molecule has 0 bridgehead atoms. The van der Waals surface area contributed by atoms with Crippen molar-refractivity contribution >= 4 is 28.3 Å². The van der Waals surface area contributed by atoms with Crippen LogP contribution in [-0.2, 0) is 4.79 Å². The molecular formula is C26H23N7O3. The summed E-state index contributed by atoms with van der Waals surface area (Å²) in [4.78, 5) is 43.4. The third-order valence-corrected chi connectivity index (χ3v) is 6.28. The molecule has 4 heterocycles. The van der Waals surface area contributed by atoms with Crippen LogP contribution in [0.25, 0.3) is 27.3 Å². The van der Waals surface area contributed by atoms with Gasteiger partial charge in [-0.1, -0.05) is 35.9 Å². The number of ketones is 1. The normalized spacial score (nSPS) is 13.5. The minimum atomic E-state index is -0.632. The third-order valence-electron chi connectivity index (χ3n) is 6.28. The summed E-state index contributed by atoms with van der Waals surface area (Å²) >= 11 is 0. The molecule has 0 radical (unpaired) electrons. The predicted molar refractivity (Wildman–Crippen MR) is 132 cm³/mol. The van der Waals surface area contributed by atoms with Crippen molar-refractivity contribution in [2.75, 3.05) is 20.2 Å². The van der Waals surface area contributed by atoms with Gasteiger partial charge in [0.25, 0.3) is 11.7 Å². The Morgan fingerprint density at radius 2 is 1.89 bits per heavy atom. The number of fused-ring (bicyclic) bond motifs is 1. The van der Waals surface area contributed by atoms with Gasteiger partial charge < -0.3 is 14.6 Å². The van der Waals surface area contributed by atoms with E-state index in [4.69, 9.17) is 11.3 Å². The largest absolute Gasteiger partial charge is 0.494 e. The van der Waals surface area contributed by atoms with Crippen LogP contribution < -0.4 is 4.74 Å². The number of carbonyl (C=O) groups is 2. The first-order valence-corrected chi connectivity index (χ1v) is 11.4. The lowest BCUT2D eigenvalue weighted by Crippen LogP contribution is -2.40. The number of piperidine rings is 1. The van der Waals surface area contributed by atoms with Crippen LogP contribution in [0.2, 0.25) is 0 Å². The van der Waals surface area contributed by atoms with Gasteiger partial charge in [-0.05, 0) is 25.3 Å². The lowest BCUT2D eigenvalue weighted by Gasteiger charge is -2.28. The minimum absolute atomic E-state index is 0.208. The van der Waals surface area contributed by atoms with Crippen LogP contribution in [-0.4, -0.2) is 61.5 Å². The number of benzene rings is 1. The number of hydrogen-bond donors (Lipinski definition) is 1. The van der Waals surface area contributed by atoms with Gasteiger partial charge >= 0.3 is 0 Å². The van der Waals surface area contributed by atoms with E-state index in [-0.39, 0.29) is 5.56 Å². The Bertz CT molecular complexity index is 1530. The van der Waals surface area contributed by atoms with Crippen molar-refractivity contribution in [2.24, 2.45) is 0 Å². The van der Waals surface area contributed by atoms with Gasteiger partial charge in [0.1, 0.15) is 17.9 Å². The van der Waals surface area contributed by atoms with E-state index in [1.54, 1.807) is 11.8 Å². The van der Waals surface area contributed by atoms with E-state index in [0.29, 0.717) is 59.9 Å². The number of carbonyl (C=O) groups excluding carboxylic acids is 2. The first kappa shape index (κ1) is 23.0. The maximum absolute atomic E-state index is 13.3. The maximum Gasteiger partial charge on any atom is 0.295 e. The van der Waals surface area contributed by atoms with Gasteiger partial charge in [-0.3, -0.25) is 9.59 Å². The van der Waals surface area contributed by atoms with Crippen molar-refractivity contribution in [3.8, 4) is 11.6 Å². The van der Waals surface area contributed by atoms with Gasteiger partial charge in [0, 0.05) is 19.3 Å². The highest BCUT2D eigenvalue weighted by molar-refractivity contribution is 6.45. The second-order valence-electron chi connectivity index (χ2n) is 8.39. The Morgan fingerprint density at radius 1 is 1.14 bits per heavy atom. The lowest BCUT2D eigenvalue weighted by molar-refractivity contribution is -0.126. The number of ether oxygens (including phenoxy) is 1. The van der Waals surface area contributed by atoms with Gasteiger partial charge in [-0.25, -0.2) is 19.5 Å². The molecule has 36 heavy (non-hydrogen) atoms. The Kier molecular flexibility index (Phi) is 6.04. The van der Waals surface area contributed by atoms with Crippen molar-refractivity contribution in [1.82, 2.24) is 29.6 Å². The number of H-pyrrole nitrogens is 1. The summed E-state index contributed by atoms with van der Waals surface area (Å²) in [6.45, 7) is 10.1. The highest BCUT2D eigenvalue weighted by Crippen LogP contribution is 2.33. The second kappa shape index (κ2) is 9.46. The van der Waals surface area contributed by atoms with E-state index in [1.165, 1.54) is 30.5 Å². The molecule has 1 aromatic carbocycles. The van der Waals surface area contributed by atoms with Crippen LogP contribution in [0.4, 0.5) is 0 Å². The number of hydrogen-bond acceptors (Lipinski definition) is 6. The van der Waals surface area contributed by atoms with E-state index in [9.17, 15) is 9.59 Å². The molecule has 0 saturated carbocycles. The summed E-state index contributed by atoms with van der Waals surface area (Å²) in [7, 11) is 1.49. The molecule has 1 N–H and O–H groups in total. The summed E-state index contributed by atoms with van der Waals surface area (Å²) < 4.78 is 6.96. The van der Waals surface area contributed by atoms with E-state index in [1.807, 2.05) is 30.3 Å². The fourth-order valence-corrected chi connectivity index (χ4v) is 4.48. The number of pyridine rings is 1. The fourth-order valence-electron chi connectivity index (χ4n) is 4.48. The molecule has 10 nitrogen and oxygen atoms in total. The number of aromatic nitrogens is 5. The number of nitrogens with zero attached hydrogens (tertiary/aromatic N) is 6. The molecule has 1 amide bonds. The van der Waals surface area contributed by atoms with Crippen molar-refractivity contribution in [3.63, 3.8) is 0 Å². The van der Waals surface area contributed by atoms with Gasteiger partial charge in [0.15, 0.2) is 11.5 Å². The molecule has 4 aromatic rings.